The molecule has 0 spiro atoms. The van der Waals surface area contributed by atoms with Crippen LogP contribution in [-0.2, 0) is 0 Å². The van der Waals surface area contributed by atoms with E-state index in [1.165, 1.54) is 18.6 Å². The van der Waals surface area contributed by atoms with E-state index in [0.717, 1.165) is 0 Å². The summed E-state index contributed by atoms with van der Waals surface area (Å²) in [6, 6.07) is 3.38. The highest BCUT2D eigenvalue weighted by molar-refractivity contribution is 5.96. The third-order valence-electron chi connectivity index (χ3n) is 4.79. The molecule has 0 bridgehead atoms. The molecule has 0 aliphatic carbocycles. The molecule has 2 amide bonds. The van der Waals surface area contributed by atoms with E-state index in [2.05, 4.69) is 9.97 Å². The first kappa shape index (κ1) is 22.3. The van der Waals surface area contributed by atoms with Gasteiger partial charge < -0.3 is 24.0 Å². The summed E-state index contributed by atoms with van der Waals surface area (Å²) in [6.07, 6.45) is 4.46. The summed E-state index contributed by atoms with van der Waals surface area (Å²) in [5, 5.41) is 0. The average Bonchev–Trinajstić information content (AvgIpc) is 2.81. The Labute approximate surface area is 181 Å². The summed E-state index contributed by atoms with van der Waals surface area (Å²) < 4.78 is 17.1. The fourth-order valence-corrected chi connectivity index (χ4v) is 3.38. The maximum Gasteiger partial charge on any atom is 0.274 e. The van der Waals surface area contributed by atoms with Gasteiger partial charge in [-0.2, -0.15) is 0 Å². The van der Waals surface area contributed by atoms with E-state index in [1.54, 1.807) is 21.9 Å². The number of hydrogen-bond acceptors (Lipinski definition) is 7. The third kappa shape index (κ3) is 5.22. The van der Waals surface area contributed by atoms with Crippen LogP contribution in [0, 0.1) is 0 Å². The molecule has 3 rings (SSSR count). The van der Waals surface area contributed by atoms with Crippen molar-refractivity contribution in [2.75, 3.05) is 46.0 Å². The Hall–Kier alpha value is -3.36. The fraction of sp³-hybridized carbons (Fsp3) is 0.455. The van der Waals surface area contributed by atoms with Gasteiger partial charge in [0.05, 0.1) is 26.0 Å². The van der Waals surface area contributed by atoms with Gasteiger partial charge in [-0.25, -0.2) is 4.98 Å². The SMILES string of the molecule is CCOc1cc(C(=O)N2CCN(C(=O)c3cnccn3)CC2)cc(OCC)c1OCC. The molecular weight excluding hydrogens is 400 g/mol. The number of hydrogen-bond donors (Lipinski definition) is 0. The van der Waals surface area contributed by atoms with Gasteiger partial charge in [-0.15, -0.1) is 0 Å². The van der Waals surface area contributed by atoms with Crippen LogP contribution < -0.4 is 14.2 Å². The van der Waals surface area contributed by atoms with Crippen molar-refractivity contribution in [3.8, 4) is 17.2 Å². The summed E-state index contributed by atoms with van der Waals surface area (Å²) in [6.45, 7) is 8.65. The molecule has 9 heteroatoms. The van der Waals surface area contributed by atoms with Crippen LogP contribution in [-0.4, -0.2) is 77.6 Å². The van der Waals surface area contributed by atoms with E-state index in [9.17, 15) is 9.59 Å². The molecule has 166 valence electrons. The summed E-state index contributed by atoms with van der Waals surface area (Å²) in [4.78, 5) is 37.1. The van der Waals surface area contributed by atoms with E-state index >= 15 is 0 Å². The maximum atomic E-state index is 13.2. The zero-order chi connectivity index (χ0) is 22.2. The fourth-order valence-electron chi connectivity index (χ4n) is 3.38. The molecule has 2 heterocycles. The monoisotopic (exact) mass is 428 g/mol. The first-order chi connectivity index (χ1) is 15.1. The van der Waals surface area contributed by atoms with Crippen LogP contribution in [0.2, 0.25) is 0 Å². The van der Waals surface area contributed by atoms with Gasteiger partial charge in [0, 0.05) is 44.1 Å². The van der Waals surface area contributed by atoms with Crippen molar-refractivity contribution in [2.45, 2.75) is 20.8 Å². The molecule has 2 aromatic rings. The predicted octanol–water partition coefficient (Wildman–Crippen LogP) is 2.27. The molecule has 0 N–H and O–H groups in total. The number of ether oxygens (including phenoxy) is 3. The van der Waals surface area contributed by atoms with Crippen molar-refractivity contribution in [1.82, 2.24) is 19.8 Å². The quantitative estimate of drug-likeness (QED) is 0.637. The Morgan fingerprint density at radius 1 is 0.839 bits per heavy atom. The van der Waals surface area contributed by atoms with Crippen molar-refractivity contribution in [2.24, 2.45) is 0 Å². The zero-order valence-corrected chi connectivity index (χ0v) is 18.2. The Balaban J connectivity index is 1.74. The van der Waals surface area contributed by atoms with Crippen LogP contribution in [0.1, 0.15) is 41.6 Å². The van der Waals surface area contributed by atoms with Gasteiger partial charge in [0.1, 0.15) is 5.69 Å². The molecular formula is C22H28N4O5. The van der Waals surface area contributed by atoms with E-state index in [0.29, 0.717) is 74.5 Å². The first-order valence-electron chi connectivity index (χ1n) is 10.5. The van der Waals surface area contributed by atoms with Crippen LogP contribution >= 0.6 is 0 Å². The predicted molar refractivity (Wildman–Crippen MR) is 114 cm³/mol. The molecule has 0 atom stereocenters. The van der Waals surface area contributed by atoms with Crippen LogP contribution in [0.3, 0.4) is 0 Å². The lowest BCUT2D eigenvalue weighted by Crippen LogP contribution is -2.50. The highest BCUT2D eigenvalue weighted by Crippen LogP contribution is 2.39. The smallest absolute Gasteiger partial charge is 0.274 e. The van der Waals surface area contributed by atoms with Gasteiger partial charge in [0.15, 0.2) is 11.5 Å². The minimum atomic E-state index is -0.182. The minimum absolute atomic E-state index is 0.142. The lowest BCUT2D eigenvalue weighted by atomic mass is 10.1. The van der Waals surface area contributed by atoms with E-state index < -0.39 is 0 Å². The Bertz CT molecular complexity index is 871. The summed E-state index contributed by atoms with van der Waals surface area (Å²) in [5.41, 5.74) is 0.764. The summed E-state index contributed by atoms with van der Waals surface area (Å²) in [7, 11) is 0. The van der Waals surface area contributed by atoms with Gasteiger partial charge in [0.25, 0.3) is 11.8 Å². The molecule has 31 heavy (non-hydrogen) atoms. The summed E-state index contributed by atoms with van der Waals surface area (Å²) in [5.74, 6) is 1.14. The van der Waals surface area contributed by atoms with Gasteiger partial charge in [-0.1, -0.05) is 0 Å². The number of nitrogens with zero attached hydrogens (tertiary/aromatic N) is 4. The van der Waals surface area contributed by atoms with Crippen molar-refractivity contribution in [3.05, 3.63) is 42.0 Å². The Morgan fingerprint density at radius 2 is 1.39 bits per heavy atom. The van der Waals surface area contributed by atoms with Crippen molar-refractivity contribution in [3.63, 3.8) is 0 Å². The molecule has 1 aliphatic rings. The Morgan fingerprint density at radius 3 is 1.87 bits per heavy atom. The molecule has 1 aliphatic heterocycles. The lowest BCUT2D eigenvalue weighted by molar-refractivity contribution is 0.0531. The number of carbonyl (C=O) groups excluding carboxylic acids is 2. The lowest BCUT2D eigenvalue weighted by Gasteiger charge is -2.34. The zero-order valence-electron chi connectivity index (χ0n) is 18.2. The molecule has 0 radical (unpaired) electrons. The van der Waals surface area contributed by atoms with Crippen LogP contribution in [0.4, 0.5) is 0 Å². The van der Waals surface area contributed by atoms with E-state index in [1.807, 2.05) is 20.8 Å². The van der Waals surface area contributed by atoms with Gasteiger partial charge in [-0.05, 0) is 32.9 Å². The van der Waals surface area contributed by atoms with Crippen LogP contribution in [0.15, 0.2) is 30.7 Å². The van der Waals surface area contributed by atoms with Crippen LogP contribution in [0.25, 0.3) is 0 Å². The highest BCUT2D eigenvalue weighted by atomic mass is 16.5. The molecule has 9 nitrogen and oxygen atoms in total. The number of amides is 2. The molecule has 1 aromatic heterocycles. The number of aromatic nitrogens is 2. The third-order valence-corrected chi connectivity index (χ3v) is 4.79. The molecule has 0 unspecified atom stereocenters. The molecule has 1 saturated heterocycles. The largest absolute Gasteiger partial charge is 0.490 e. The normalized spacial score (nSPS) is 13.6. The van der Waals surface area contributed by atoms with Crippen molar-refractivity contribution < 1.29 is 23.8 Å². The number of benzene rings is 1. The topological polar surface area (TPSA) is 94.1 Å². The maximum absolute atomic E-state index is 13.2. The van der Waals surface area contributed by atoms with E-state index in [-0.39, 0.29) is 11.8 Å². The number of rotatable bonds is 8. The second kappa shape index (κ2) is 10.6. The second-order valence-electron chi connectivity index (χ2n) is 6.78. The molecule has 0 saturated carbocycles. The van der Waals surface area contributed by atoms with E-state index in [4.69, 9.17) is 14.2 Å². The van der Waals surface area contributed by atoms with Crippen molar-refractivity contribution in [1.29, 1.82) is 0 Å². The van der Waals surface area contributed by atoms with Gasteiger partial charge >= 0.3 is 0 Å². The Kier molecular flexibility index (Phi) is 7.64. The minimum Gasteiger partial charge on any atom is -0.490 e. The molecule has 1 aromatic carbocycles. The highest BCUT2D eigenvalue weighted by Gasteiger charge is 2.27. The van der Waals surface area contributed by atoms with Gasteiger partial charge in [0.2, 0.25) is 5.75 Å². The first-order valence-corrected chi connectivity index (χ1v) is 10.5. The number of carbonyl (C=O) groups is 2. The van der Waals surface area contributed by atoms with Gasteiger partial charge in [-0.3, -0.25) is 14.6 Å². The number of piperazine rings is 1. The van der Waals surface area contributed by atoms with Crippen molar-refractivity contribution >= 4 is 11.8 Å². The summed E-state index contributed by atoms with van der Waals surface area (Å²) >= 11 is 0. The standard InChI is InChI=1S/C22H28N4O5/c1-4-29-18-13-16(14-19(30-5-2)20(18)31-6-3)21(27)25-9-11-26(12-10-25)22(28)17-15-23-7-8-24-17/h7-8,13-15H,4-6,9-12H2,1-3H3. The average molecular weight is 428 g/mol. The molecule has 1 fully saturated rings. The second-order valence-corrected chi connectivity index (χ2v) is 6.78. The van der Waals surface area contributed by atoms with Crippen LogP contribution in [0.5, 0.6) is 17.2 Å².